The second-order valence-corrected chi connectivity index (χ2v) is 5.98. The fraction of sp³-hybridized carbons (Fsp3) is 0.211. The largest absolute Gasteiger partial charge is 0.399 e. The molecule has 2 heterocycles. The minimum Gasteiger partial charge on any atom is -0.399 e. The molecule has 0 radical (unpaired) electrons. The summed E-state index contributed by atoms with van der Waals surface area (Å²) in [6.45, 7) is 2.97. The molecule has 6 nitrogen and oxygen atoms in total. The van der Waals surface area contributed by atoms with Gasteiger partial charge in [0.25, 0.3) is 0 Å². The zero-order valence-electron chi connectivity index (χ0n) is 13.7. The van der Waals surface area contributed by atoms with Crippen molar-refractivity contribution in [1.29, 1.82) is 0 Å². The number of ketones is 1. The van der Waals surface area contributed by atoms with Crippen LogP contribution in [0.15, 0.2) is 48.7 Å². The number of nitrogen functional groups attached to an aromatic ring is 1. The average molecular weight is 334 g/mol. The summed E-state index contributed by atoms with van der Waals surface area (Å²) in [7, 11) is 0. The molecular weight excluding hydrogens is 316 g/mol. The van der Waals surface area contributed by atoms with Crippen molar-refractivity contribution in [2.24, 2.45) is 0 Å². The average Bonchev–Trinajstić information content (AvgIpc) is 2.68. The lowest BCUT2D eigenvalue weighted by atomic mass is 10.0. The first-order valence-electron chi connectivity index (χ1n) is 8.20. The van der Waals surface area contributed by atoms with E-state index in [1.165, 1.54) is 0 Å². The van der Waals surface area contributed by atoms with Gasteiger partial charge >= 0.3 is 0 Å². The van der Waals surface area contributed by atoms with Gasteiger partial charge in [0.05, 0.1) is 30.4 Å². The Morgan fingerprint density at radius 1 is 1.00 bits per heavy atom. The summed E-state index contributed by atoms with van der Waals surface area (Å²) >= 11 is 0. The lowest BCUT2D eigenvalue weighted by molar-refractivity contribution is 0.103. The Kier molecular flexibility index (Phi) is 4.03. The smallest absolute Gasteiger partial charge is 0.193 e. The Morgan fingerprint density at radius 3 is 2.48 bits per heavy atom. The van der Waals surface area contributed by atoms with Gasteiger partial charge in [0.2, 0.25) is 0 Å². The van der Waals surface area contributed by atoms with Crippen LogP contribution in [0.25, 0.3) is 11.0 Å². The van der Waals surface area contributed by atoms with Gasteiger partial charge in [-0.1, -0.05) is 0 Å². The summed E-state index contributed by atoms with van der Waals surface area (Å²) in [5.74, 6) is 0.758. The first kappa shape index (κ1) is 15.5. The standard InChI is InChI=1S/C19H18N4O2/c20-15-4-1-13(2-5-15)19(24)14-3-6-16-17(11-14)22-18(12-21-16)23-7-9-25-10-8-23/h1-6,11-12H,7-10,20H2. The molecule has 0 saturated carbocycles. The van der Waals surface area contributed by atoms with Crippen LogP contribution >= 0.6 is 0 Å². The normalized spacial score (nSPS) is 14.6. The Bertz CT molecular complexity index is 918. The quantitative estimate of drug-likeness (QED) is 0.584. The maximum absolute atomic E-state index is 12.7. The zero-order valence-corrected chi connectivity index (χ0v) is 13.7. The van der Waals surface area contributed by atoms with Gasteiger partial charge in [-0.05, 0) is 42.5 Å². The van der Waals surface area contributed by atoms with Gasteiger partial charge in [0.15, 0.2) is 5.78 Å². The van der Waals surface area contributed by atoms with E-state index in [0.717, 1.165) is 24.4 Å². The summed E-state index contributed by atoms with van der Waals surface area (Å²) < 4.78 is 5.37. The fourth-order valence-electron chi connectivity index (χ4n) is 2.89. The van der Waals surface area contributed by atoms with Crippen LogP contribution < -0.4 is 10.6 Å². The second kappa shape index (κ2) is 6.49. The van der Waals surface area contributed by atoms with E-state index in [-0.39, 0.29) is 5.78 Å². The molecule has 0 bridgehead atoms. The minimum atomic E-state index is -0.0551. The molecule has 4 rings (SSSR count). The van der Waals surface area contributed by atoms with Gasteiger partial charge in [-0.25, -0.2) is 4.98 Å². The number of carbonyl (C=O) groups excluding carboxylic acids is 1. The molecule has 2 aromatic carbocycles. The van der Waals surface area contributed by atoms with Gasteiger partial charge in [-0.3, -0.25) is 9.78 Å². The highest BCUT2D eigenvalue weighted by molar-refractivity contribution is 6.10. The number of fused-ring (bicyclic) bond motifs is 1. The number of morpholine rings is 1. The molecule has 0 aliphatic carbocycles. The molecule has 25 heavy (non-hydrogen) atoms. The third-order valence-corrected chi connectivity index (χ3v) is 4.30. The highest BCUT2D eigenvalue weighted by Crippen LogP contribution is 2.20. The molecule has 0 spiro atoms. The number of anilines is 2. The van der Waals surface area contributed by atoms with E-state index in [9.17, 15) is 4.79 Å². The number of aromatic nitrogens is 2. The van der Waals surface area contributed by atoms with Gasteiger partial charge in [0.1, 0.15) is 5.82 Å². The molecule has 1 aliphatic heterocycles. The molecule has 1 aliphatic rings. The van der Waals surface area contributed by atoms with Crippen molar-refractivity contribution in [3.05, 3.63) is 59.8 Å². The Morgan fingerprint density at radius 2 is 1.72 bits per heavy atom. The summed E-state index contributed by atoms with van der Waals surface area (Å²) in [5.41, 5.74) is 8.99. The van der Waals surface area contributed by atoms with E-state index in [1.54, 1.807) is 42.6 Å². The minimum absolute atomic E-state index is 0.0551. The lowest BCUT2D eigenvalue weighted by Crippen LogP contribution is -2.36. The number of rotatable bonds is 3. The molecule has 126 valence electrons. The van der Waals surface area contributed by atoms with Crippen LogP contribution in [0.3, 0.4) is 0 Å². The number of benzene rings is 2. The molecule has 1 fully saturated rings. The first-order chi connectivity index (χ1) is 12.2. The van der Waals surface area contributed by atoms with E-state index in [2.05, 4.69) is 14.9 Å². The highest BCUT2D eigenvalue weighted by Gasteiger charge is 2.15. The Balaban J connectivity index is 1.68. The summed E-state index contributed by atoms with van der Waals surface area (Å²) in [6, 6.07) is 12.3. The molecule has 2 N–H and O–H groups in total. The Labute approximate surface area is 145 Å². The van der Waals surface area contributed by atoms with E-state index < -0.39 is 0 Å². The zero-order chi connectivity index (χ0) is 17.2. The van der Waals surface area contributed by atoms with Gasteiger partial charge in [0, 0.05) is 29.9 Å². The van der Waals surface area contributed by atoms with Crippen molar-refractivity contribution >= 4 is 28.3 Å². The van der Waals surface area contributed by atoms with Crippen LogP contribution in [0, 0.1) is 0 Å². The molecule has 6 heteroatoms. The monoisotopic (exact) mass is 334 g/mol. The van der Waals surface area contributed by atoms with E-state index in [0.29, 0.717) is 35.5 Å². The SMILES string of the molecule is Nc1ccc(C(=O)c2ccc3ncc(N4CCOCC4)nc3c2)cc1. The van der Waals surface area contributed by atoms with Crippen LogP contribution in [0.2, 0.25) is 0 Å². The van der Waals surface area contributed by atoms with Crippen molar-refractivity contribution in [2.45, 2.75) is 0 Å². The van der Waals surface area contributed by atoms with Gasteiger partial charge in [-0.15, -0.1) is 0 Å². The number of nitrogens with zero attached hydrogens (tertiary/aromatic N) is 3. The summed E-state index contributed by atoms with van der Waals surface area (Å²) in [5, 5.41) is 0. The van der Waals surface area contributed by atoms with Crippen molar-refractivity contribution in [3.8, 4) is 0 Å². The van der Waals surface area contributed by atoms with Crippen LogP contribution in [-0.2, 0) is 4.74 Å². The number of nitrogens with two attached hydrogens (primary N) is 1. The molecule has 1 saturated heterocycles. The van der Waals surface area contributed by atoms with Crippen molar-refractivity contribution < 1.29 is 9.53 Å². The lowest BCUT2D eigenvalue weighted by Gasteiger charge is -2.27. The van der Waals surface area contributed by atoms with E-state index in [4.69, 9.17) is 10.5 Å². The maximum Gasteiger partial charge on any atom is 0.193 e. The third-order valence-electron chi connectivity index (χ3n) is 4.30. The van der Waals surface area contributed by atoms with Gasteiger partial charge < -0.3 is 15.4 Å². The van der Waals surface area contributed by atoms with Crippen molar-refractivity contribution in [1.82, 2.24) is 9.97 Å². The van der Waals surface area contributed by atoms with Crippen LogP contribution in [0.4, 0.5) is 11.5 Å². The fourth-order valence-corrected chi connectivity index (χ4v) is 2.89. The molecule has 0 atom stereocenters. The summed E-state index contributed by atoms with van der Waals surface area (Å²) in [4.78, 5) is 24.0. The predicted octanol–water partition coefficient (Wildman–Crippen LogP) is 2.28. The van der Waals surface area contributed by atoms with Gasteiger partial charge in [-0.2, -0.15) is 0 Å². The van der Waals surface area contributed by atoms with Crippen LogP contribution in [-0.4, -0.2) is 42.1 Å². The first-order valence-corrected chi connectivity index (χ1v) is 8.20. The molecular formula is C19H18N4O2. The topological polar surface area (TPSA) is 81.3 Å². The molecule has 3 aromatic rings. The number of hydrogen-bond donors (Lipinski definition) is 1. The number of hydrogen-bond acceptors (Lipinski definition) is 6. The molecule has 1 aromatic heterocycles. The highest BCUT2D eigenvalue weighted by atomic mass is 16.5. The predicted molar refractivity (Wildman–Crippen MR) is 96.9 cm³/mol. The summed E-state index contributed by atoms with van der Waals surface area (Å²) in [6.07, 6.45) is 1.77. The van der Waals surface area contributed by atoms with E-state index in [1.807, 2.05) is 6.07 Å². The maximum atomic E-state index is 12.7. The van der Waals surface area contributed by atoms with Crippen molar-refractivity contribution in [3.63, 3.8) is 0 Å². The van der Waals surface area contributed by atoms with Crippen LogP contribution in [0.1, 0.15) is 15.9 Å². The molecule has 0 unspecified atom stereocenters. The third kappa shape index (κ3) is 3.16. The van der Waals surface area contributed by atoms with E-state index >= 15 is 0 Å². The second-order valence-electron chi connectivity index (χ2n) is 5.98. The number of carbonyl (C=O) groups is 1. The Hall–Kier alpha value is -2.99. The number of ether oxygens (including phenoxy) is 1. The van der Waals surface area contributed by atoms with Crippen LogP contribution in [0.5, 0.6) is 0 Å². The molecule has 0 amide bonds. The van der Waals surface area contributed by atoms with Crippen molar-refractivity contribution in [2.75, 3.05) is 36.9 Å².